The molecule has 0 saturated carbocycles. The fourth-order valence-corrected chi connectivity index (χ4v) is 3.25. The number of benzene rings is 1. The second-order valence-electron chi connectivity index (χ2n) is 4.93. The highest BCUT2D eigenvalue weighted by Crippen LogP contribution is 2.34. The van der Waals surface area contributed by atoms with Crippen molar-refractivity contribution in [3.63, 3.8) is 0 Å². The van der Waals surface area contributed by atoms with E-state index in [9.17, 15) is 4.79 Å². The number of nitrogens with one attached hydrogen (secondary N) is 1. The number of thiophene rings is 1. The number of amides is 1. The Morgan fingerprint density at radius 2 is 2.24 bits per heavy atom. The molecule has 0 unspecified atom stereocenters. The van der Waals surface area contributed by atoms with Gasteiger partial charge in [0.25, 0.3) is 5.91 Å². The lowest BCUT2D eigenvalue weighted by atomic mass is 10.1. The molecule has 3 N–H and O–H groups in total. The number of furan rings is 1. The second-order valence-corrected chi connectivity index (χ2v) is 5.98. The molecule has 4 nitrogen and oxygen atoms in total. The topological polar surface area (TPSA) is 68.3 Å². The van der Waals surface area contributed by atoms with Crippen molar-refractivity contribution < 1.29 is 9.21 Å². The van der Waals surface area contributed by atoms with Crippen molar-refractivity contribution in [2.45, 2.75) is 13.3 Å². The number of aryl methyl sites for hydroxylation is 1. The van der Waals surface area contributed by atoms with Gasteiger partial charge in [-0.1, -0.05) is 11.6 Å². The molecule has 0 aliphatic carbocycles. The summed E-state index contributed by atoms with van der Waals surface area (Å²) in [6, 6.07) is 9.77. The van der Waals surface area contributed by atoms with Gasteiger partial charge < -0.3 is 15.5 Å². The van der Waals surface area contributed by atoms with Gasteiger partial charge in [-0.2, -0.15) is 0 Å². The third-order valence-electron chi connectivity index (χ3n) is 3.33. The highest BCUT2D eigenvalue weighted by Gasteiger charge is 2.16. The molecule has 108 valence electrons. The maximum Gasteiger partial charge on any atom is 0.263 e. The highest BCUT2D eigenvalue weighted by molar-refractivity contribution is 7.21. The van der Waals surface area contributed by atoms with Crippen LogP contribution in [-0.2, 0) is 6.42 Å². The fraction of sp³-hybridized carbons (Fsp3) is 0.188. The van der Waals surface area contributed by atoms with Gasteiger partial charge in [-0.15, -0.1) is 11.3 Å². The van der Waals surface area contributed by atoms with E-state index in [1.54, 1.807) is 6.26 Å². The largest absolute Gasteiger partial charge is 0.469 e. The lowest BCUT2D eigenvalue weighted by Gasteiger charge is -2.03. The van der Waals surface area contributed by atoms with E-state index in [1.165, 1.54) is 11.3 Å². The fourth-order valence-electron chi connectivity index (χ4n) is 2.23. The normalized spacial score (nSPS) is 10.9. The number of rotatable bonds is 4. The van der Waals surface area contributed by atoms with Crippen LogP contribution >= 0.6 is 11.3 Å². The van der Waals surface area contributed by atoms with Crippen molar-refractivity contribution in [2.24, 2.45) is 0 Å². The van der Waals surface area contributed by atoms with Gasteiger partial charge in [0.15, 0.2) is 0 Å². The first-order chi connectivity index (χ1) is 10.1. The highest BCUT2D eigenvalue weighted by atomic mass is 32.1. The zero-order valence-corrected chi connectivity index (χ0v) is 12.5. The summed E-state index contributed by atoms with van der Waals surface area (Å²) in [5.41, 5.74) is 7.81. The molecule has 5 heteroatoms. The Balaban J connectivity index is 1.73. The third-order valence-corrected chi connectivity index (χ3v) is 4.51. The summed E-state index contributed by atoms with van der Waals surface area (Å²) in [5.74, 6) is 0.730. The number of fused-ring (bicyclic) bond motifs is 1. The van der Waals surface area contributed by atoms with Crippen molar-refractivity contribution in [1.29, 1.82) is 0 Å². The van der Waals surface area contributed by atoms with E-state index in [2.05, 4.69) is 5.32 Å². The van der Waals surface area contributed by atoms with Crippen LogP contribution in [0.3, 0.4) is 0 Å². The molecule has 3 aromatic rings. The molecular formula is C16H16N2O2S. The maximum atomic E-state index is 12.2. The minimum absolute atomic E-state index is 0.127. The van der Waals surface area contributed by atoms with Gasteiger partial charge in [0.1, 0.15) is 10.6 Å². The first-order valence-electron chi connectivity index (χ1n) is 6.74. The lowest BCUT2D eigenvalue weighted by molar-refractivity contribution is 0.0958. The van der Waals surface area contributed by atoms with Crippen LogP contribution in [0.2, 0.25) is 0 Å². The van der Waals surface area contributed by atoms with E-state index in [-0.39, 0.29) is 5.91 Å². The second kappa shape index (κ2) is 5.61. The Labute approximate surface area is 126 Å². The van der Waals surface area contributed by atoms with Crippen LogP contribution in [0.1, 0.15) is 21.0 Å². The molecule has 2 aromatic heterocycles. The summed E-state index contributed by atoms with van der Waals surface area (Å²) in [6.07, 6.45) is 2.30. The summed E-state index contributed by atoms with van der Waals surface area (Å²) in [4.78, 5) is 12.8. The van der Waals surface area contributed by atoms with E-state index >= 15 is 0 Å². The van der Waals surface area contributed by atoms with E-state index in [0.717, 1.165) is 21.4 Å². The van der Waals surface area contributed by atoms with Crippen LogP contribution in [0.15, 0.2) is 41.0 Å². The van der Waals surface area contributed by atoms with Gasteiger partial charge in [0.2, 0.25) is 0 Å². The Bertz CT molecular complexity index is 775. The number of hydrogen-bond donors (Lipinski definition) is 2. The lowest BCUT2D eigenvalue weighted by Crippen LogP contribution is -2.25. The molecule has 0 radical (unpaired) electrons. The van der Waals surface area contributed by atoms with E-state index in [1.807, 2.05) is 37.3 Å². The molecule has 0 spiro atoms. The van der Waals surface area contributed by atoms with Crippen molar-refractivity contribution in [3.8, 4) is 0 Å². The molecule has 0 aliphatic heterocycles. The molecule has 1 amide bonds. The van der Waals surface area contributed by atoms with E-state index in [0.29, 0.717) is 23.5 Å². The van der Waals surface area contributed by atoms with Crippen LogP contribution in [0, 0.1) is 6.92 Å². The van der Waals surface area contributed by atoms with Crippen molar-refractivity contribution in [2.75, 3.05) is 12.3 Å². The smallest absolute Gasteiger partial charge is 0.263 e. The summed E-state index contributed by atoms with van der Waals surface area (Å²) in [7, 11) is 0. The average Bonchev–Trinajstić information content (AvgIpc) is 3.08. The molecule has 0 saturated heterocycles. The standard InChI is InChI=1S/C16H16N2O2S/c1-10-4-5-13-12(9-10)14(17)15(21-13)16(19)18-7-6-11-3-2-8-20-11/h2-5,8-9H,6-7,17H2,1H3,(H,18,19). The summed E-state index contributed by atoms with van der Waals surface area (Å²) in [6.45, 7) is 2.54. The minimum atomic E-state index is -0.127. The van der Waals surface area contributed by atoms with Crippen molar-refractivity contribution in [3.05, 3.63) is 52.8 Å². The maximum absolute atomic E-state index is 12.2. The van der Waals surface area contributed by atoms with Crippen LogP contribution in [0.25, 0.3) is 10.1 Å². The quantitative estimate of drug-likeness (QED) is 0.776. The molecule has 0 bridgehead atoms. The Morgan fingerprint density at radius 1 is 1.38 bits per heavy atom. The molecule has 21 heavy (non-hydrogen) atoms. The first kappa shape index (κ1) is 13.7. The Kier molecular flexibility index (Phi) is 3.66. The molecule has 2 heterocycles. The number of carbonyl (C=O) groups is 1. The molecule has 3 rings (SSSR count). The van der Waals surface area contributed by atoms with Crippen molar-refractivity contribution in [1.82, 2.24) is 5.32 Å². The molecular weight excluding hydrogens is 284 g/mol. The van der Waals surface area contributed by atoms with E-state index in [4.69, 9.17) is 10.2 Å². The van der Waals surface area contributed by atoms with Gasteiger partial charge in [-0.3, -0.25) is 4.79 Å². The minimum Gasteiger partial charge on any atom is -0.469 e. The van der Waals surface area contributed by atoms with E-state index < -0.39 is 0 Å². The average molecular weight is 300 g/mol. The predicted molar refractivity (Wildman–Crippen MR) is 85.7 cm³/mol. The number of nitrogen functional groups attached to an aromatic ring is 1. The Morgan fingerprint density at radius 3 is 3.00 bits per heavy atom. The van der Waals surface area contributed by atoms with Gasteiger partial charge in [-0.25, -0.2) is 0 Å². The van der Waals surface area contributed by atoms with Crippen molar-refractivity contribution >= 4 is 33.0 Å². The number of hydrogen-bond acceptors (Lipinski definition) is 4. The van der Waals surface area contributed by atoms with Crippen LogP contribution in [0.4, 0.5) is 5.69 Å². The monoisotopic (exact) mass is 300 g/mol. The zero-order valence-electron chi connectivity index (χ0n) is 11.7. The summed E-state index contributed by atoms with van der Waals surface area (Å²) >= 11 is 1.43. The molecule has 1 aromatic carbocycles. The first-order valence-corrected chi connectivity index (χ1v) is 7.56. The summed E-state index contributed by atoms with van der Waals surface area (Å²) in [5, 5.41) is 3.84. The molecule has 0 fully saturated rings. The SMILES string of the molecule is Cc1ccc2sc(C(=O)NCCc3ccco3)c(N)c2c1. The van der Waals surface area contributed by atoms with Gasteiger partial charge in [-0.05, 0) is 31.2 Å². The zero-order chi connectivity index (χ0) is 14.8. The third kappa shape index (κ3) is 2.78. The Hall–Kier alpha value is -2.27. The van der Waals surface area contributed by atoms with Crippen LogP contribution < -0.4 is 11.1 Å². The van der Waals surface area contributed by atoms with Gasteiger partial charge in [0, 0.05) is 23.1 Å². The van der Waals surface area contributed by atoms with Gasteiger partial charge >= 0.3 is 0 Å². The molecule has 0 aliphatic rings. The van der Waals surface area contributed by atoms with Crippen LogP contribution in [0.5, 0.6) is 0 Å². The van der Waals surface area contributed by atoms with Gasteiger partial charge in [0.05, 0.1) is 12.0 Å². The summed E-state index contributed by atoms with van der Waals surface area (Å²) < 4.78 is 6.27. The number of carbonyl (C=O) groups excluding carboxylic acids is 1. The molecule has 0 atom stereocenters. The van der Waals surface area contributed by atoms with Crippen LogP contribution in [-0.4, -0.2) is 12.5 Å². The number of nitrogens with two attached hydrogens (primary N) is 1. The number of anilines is 1. The predicted octanol–water partition coefficient (Wildman–Crippen LogP) is 3.36.